The van der Waals surface area contributed by atoms with E-state index in [4.69, 9.17) is 25.7 Å². The Kier molecular flexibility index (Phi) is 9.18. The zero-order chi connectivity index (χ0) is 23.5. The number of hydrogen-bond donors (Lipinski definition) is 4. The van der Waals surface area contributed by atoms with E-state index >= 15 is 0 Å². The number of carbonyl (C=O) groups is 1. The highest BCUT2D eigenvalue weighted by Crippen LogP contribution is 2.09. The van der Waals surface area contributed by atoms with E-state index < -0.39 is 5.91 Å². The van der Waals surface area contributed by atoms with E-state index in [0.29, 0.717) is 24.5 Å². The molecule has 0 bridgehead atoms. The van der Waals surface area contributed by atoms with Crippen molar-refractivity contribution >= 4 is 23.8 Å². The Morgan fingerprint density at radius 3 is 2.72 bits per heavy atom. The first-order valence-electron chi connectivity index (χ1n) is 9.84. The van der Waals surface area contributed by atoms with Crippen molar-refractivity contribution in [3.63, 3.8) is 0 Å². The number of amidine groups is 1. The molecule has 0 aliphatic heterocycles. The Hall–Kier alpha value is -3.92. The molecule has 1 aromatic carbocycles. The Balaban J connectivity index is 2.14. The first-order valence-corrected chi connectivity index (χ1v) is 9.84. The molecular weight excluding hydrogens is 410 g/mol. The van der Waals surface area contributed by atoms with E-state index in [1.165, 1.54) is 25.4 Å². The predicted octanol–water partition coefficient (Wildman–Crippen LogP) is 1.75. The molecule has 0 aliphatic rings. The Bertz CT molecular complexity index is 1100. The highest BCUT2D eigenvalue weighted by Gasteiger charge is 2.11. The summed E-state index contributed by atoms with van der Waals surface area (Å²) in [5, 5.41) is 31.1. The minimum absolute atomic E-state index is 0.0106. The van der Waals surface area contributed by atoms with Crippen LogP contribution in [-0.4, -0.2) is 60.9 Å². The minimum Gasteiger partial charge on any atom is -0.490 e. The lowest BCUT2D eigenvalue weighted by molar-refractivity contribution is 0.0956. The average Bonchev–Trinajstić information content (AvgIpc) is 2.81. The van der Waals surface area contributed by atoms with Crippen LogP contribution in [-0.2, 0) is 15.9 Å². The number of nitrogens with one attached hydrogen (secondary N) is 4. The third kappa shape index (κ3) is 6.81. The maximum absolute atomic E-state index is 11.8. The first kappa shape index (κ1) is 24.4. The first-order chi connectivity index (χ1) is 15.4. The molecule has 168 valence electrons. The van der Waals surface area contributed by atoms with Crippen LogP contribution in [0.3, 0.4) is 0 Å². The smallest absolute Gasteiger partial charge is 0.271 e. The molecule has 2 aromatic rings. The summed E-state index contributed by atoms with van der Waals surface area (Å²) in [6.45, 7) is 2.66. The molecule has 0 fully saturated rings. The number of methoxy groups -OCH3 is 1. The summed E-state index contributed by atoms with van der Waals surface area (Å²) in [5.41, 5.74) is 1.42. The van der Waals surface area contributed by atoms with Crippen molar-refractivity contribution in [1.29, 1.82) is 16.2 Å². The highest BCUT2D eigenvalue weighted by atomic mass is 16.5. The van der Waals surface area contributed by atoms with Gasteiger partial charge in [-0.05, 0) is 36.8 Å². The van der Waals surface area contributed by atoms with Gasteiger partial charge in [-0.3, -0.25) is 21.0 Å². The molecule has 0 aliphatic carbocycles. The van der Waals surface area contributed by atoms with Crippen LogP contribution in [0.5, 0.6) is 0 Å². The number of carbonyl (C=O) groups excluding carboxylic acids is 1. The zero-order valence-corrected chi connectivity index (χ0v) is 18.3. The summed E-state index contributed by atoms with van der Waals surface area (Å²) in [4.78, 5) is 16.0. The molecule has 1 aromatic heterocycles. The van der Waals surface area contributed by atoms with Gasteiger partial charge in [0.25, 0.3) is 5.91 Å². The summed E-state index contributed by atoms with van der Waals surface area (Å²) in [5.74, 6) is 0.204. The fraction of sp³-hybridized carbons (Fsp3) is 0.273. The highest BCUT2D eigenvalue weighted by molar-refractivity contribution is 6.03. The molecule has 0 unspecified atom stereocenters. The van der Waals surface area contributed by atoms with Crippen molar-refractivity contribution < 1.29 is 14.3 Å². The van der Waals surface area contributed by atoms with Crippen LogP contribution in [0.4, 0.5) is 0 Å². The number of amides is 1. The quantitative estimate of drug-likeness (QED) is 0.205. The van der Waals surface area contributed by atoms with E-state index in [1.807, 2.05) is 13.0 Å². The van der Waals surface area contributed by atoms with Crippen LogP contribution in [0, 0.1) is 16.2 Å². The number of hydrogen-bond acceptors (Lipinski definition) is 7. The Labute approximate surface area is 186 Å². The van der Waals surface area contributed by atoms with Gasteiger partial charge >= 0.3 is 0 Å². The fourth-order valence-electron chi connectivity index (χ4n) is 2.62. The second kappa shape index (κ2) is 12.1. The number of aliphatic imine (C=N–C) groups is 1. The molecule has 0 spiro atoms. The van der Waals surface area contributed by atoms with Crippen LogP contribution in [0.2, 0.25) is 0 Å². The van der Waals surface area contributed by atoms with Crippen LogP contribution >= 0.6 is 0 Å². The van der Waals surface area contributed by atoms with Gasteiger partial charge in [-0.25, -0.2) is 9.67 Å². The van der Waals surface area contributed by atoms with Gasteiger partial charge in [-0.2, -0.15) is 5.10 Å². The third-order valence-corrected chi connectivity index (χ3v) is 4.28. The molecule has 10 heteroatoms. The van der Waals surface area contributed by atoms with Gasteiger partial charge in [0, 0.05) is 26.1 Å². The second-order valence-electron chi connectivity index (χ2n) is 6.56. The van der Waals surface area contributed by atoms with E-state index in [2.05, 4.69) is 15.4 Å². The number of rotatable bonds is 9. The number of aromatic nitrogens is 2. The maximum atomic E-state index is 11.8. The van der Waals surface area contributed by atoms with Crippen molar-refractivity contribution in [3.8, 4) is 0 Å². The number of benzene rings is 1. The molecule has 2 rings (SSSR count). The molecule has 10 nitrogen and oxygen atoms in total. The standard InChI is InChI=1S/C22H27N7O3/c1-4-17(32-11-10-31-3)14-27-21(25)16-7-5-6-15(12-16)13-20(24)29-19(23)9-8-18(28-29)22(30)26-2/h4-9,12,14,23-25H,10-11,13H2,1-3H3,(H,26,30)/b17-4+,23-19?,24-20?,25-21?,27-14?. The van der Waals surface area contributed by atoms with Crippen LogP contribution < -0.4 is 10.8 Å². The molecular formula is C22H27N7O3. The van der Waals surface area contributed by atoms with Gasteiger partial charge in [0.15, 0.2) is 5.84 Å². The largest absolute Gasteiger partial charge is 0.490 e. The van der Waals surface area contributed by atoms with E-state index in [9.17, 15) is 4.79 Å². The number of ether oxygens (including phenoxy) is 2. The van der Waals surface area contributed by atoms with Gasteiger partial charge in [0.2, 0.25) is 0 Å². The molecule has 1 heterocycles. The van der Waals surface area contributed by atoms with Crippen molar-refractivity contribution in [1.82, 2.24) is 15.1 Å². The average molecular weight is 438 g/mol. The molecule has 0 radical (unpaired) electrons. The molecule has 4 N–H and O–H groups in total. The molecule has 32 heavy (non-hydrogen) atoms. The molecule has 0 saturated heterocycles. The molecule has 1 amide bonds. The zero-order valence-electron chi connectivity index (χ0n) is 18.3. The summed E-state index contributed by atoms with van der Waals surface area (Å²) < 4.78 is 11.5. The van der Waals surface area contributed by atoms with Crippen molar-refractivity contribution in [2.75, 3.05) is 27.4 Å². The second-order valence-corrected chi connectivity index (χ2v) is 6.56. The van der Waals surface area contributed by atoms with E-state index in [-0.39, 0.29) is 29.3 Å². The van der Waals surface area contributed by atoms with E-state index in [1.54, 1.807) is 31.4 Å². The van der Waals surface area contributed by atoms with E-state index in [0.717, 1.165) is 10.2 Å². The lowest BCUT2D eigenvalue weighted by atomic mass is 10.1. The van der Waals surface area contributed by atoms with Crippen molar-refractivity contribution in [2.45, 2.75) is 13.3 Å². The van der Waals surface area contributed by atoms with Crippen molar-refractivity contribution in [2.24, 2.45) is 4.99 Å². The van der Waals surface area contributed by atoms with Crippen molar-refractivity contribution in [3.05, 3.63) is 70.5 Å². The van der Waals surface area contributed by atoms with Gasteiger partial charge in [-0.15, -0.1) is 0 Å². The summed E-state index contributed by atoms with van der Waals surface area (Å²) in [6.07, 6.45) is 3.38. The number of nitrogens with zero attached hydrogens (tertiary/aromatic N) is 3. The summed E-state index contributed by atoms with van der Waals surface area (Å²) in [7, 11) is 3.08. The summed E-state index contributed by atoms with van der Waals surface area (Å²) in [6, 6.07) is 9.94. The maximum Gasteiger partial charge on any atom is 0.271 e. The lowest BCUT2D eigenvalue weighted by Crippen LogP contribution is -2.33. The van der Waals surface area contributed by atoms with Crippen LogP contribution in [0.25, 0.3) is 0 Å². The van der Waals surface area contributed by atoms with Crippen LogP contribution in [0.15, 0.2) is 53.2 Å². The topological polar surface area (TPSA) is 149 Å². The predicted molar refractivity (Wildman–Crippen MR) is 122 cm³/mol. The molecule has 0 atom stereocenters. The lowest BCUT2D eigenvalue weighted by Gasteiger charge is -2.10. The van der Waals surface area contributed by atoms with Crippen LogP contribution in [0.1, 0.15) is 28.5 Å². The Morgan fingerprint density at radius 1 is 1.25 bits per heavy atom. The SMILES string of the molecule is C/C=C(\C=NC(=N)c1cccc(CC(=N)n2nc(C(=O)NC)ccc2=N)c1)OCCOC. The summed E-state index contributed by atoms with van der Waals surface area (Å²) >= 11 is 0. The molecule has 0 saturated carbocycles. The Morgan fingerprint density at radius 2 is 2.03 bits per heavy atom. The van der Waals surface area contributed by atoms with Gasteiger partial charge in [-0.1, -0.05) is 18.2 Å². The monoisotopic (exact) mass is 437 g/mol. The minimum atomic E-state index is -0.397. The van der Waals surface area contributed by atoms with Gasteiger partial charge in [0.1, 0.15) is 29.4 Å². The van der Waals surface area contributed by atoms with Gasteiger partial charge < -0.3 is 14.8 Å². The number of allylic oxidation sites excluding steroid dienone is 2. The third-order valence-electron chi connectivity index (χ3n) is 4.28. The normalized spacial score (nSPS) is 11.4. The van der Waals surface area contributed by atoms with Gasteiger partial charge in [0.05, 0.1) is 12.8 Å². The fourth-order valence-corrected chi connectivity index (χ4v) is 2.62.